The van der Waals surface area contributed by atoms with Crippen molar-refractivity contribution in [1.29, 1.82) is 0 Å². The Hall–Kier alpha value is -2.67. The average Bonchev–Trinajstić information content (AvgIpc) is 2.52. The molecule has 0 aliphatic rings. The van der Waals surface area contributed by atoms with Crippen molar-refractivity contribution in [3.8, 4) is 5.88 Å². The van der Waals surface area contributed by atoms with Crippen LogP contribution < -0.4 is 21.3 Å². The fraction of sp³-hybridized carbons (Fsp3) is 0.214. The van der Waals surface area contributed by atoms with Gasteiger partial charge in [-0.2, -0.15) is 0 Å². The average molecular weight is 287 g/mol. The van der Waals surface area contributed by atoms with Crippen LogP contribution in [0.1, 0.15) is 21.6 Å². The number of amides is 1. The van der Waals surface area contributed by atoms with E-state index in [1.165, 1.54) is 6.20 Å². The number of aromatic nitrogens is 2. The molecule has 2 aromatic heterocycles. The summed E-state index contributed by atoms with van der Waals surface area (Å²) in [4.78, 5) is 20.3. The van der Waals surface area contributed by atoms with Gasteiger partial charge >= 0.3 is 0 Å². The van der Waals surface area contributed by atoms with Crippen LogP contribution in [0.25, 0.3) is 0 Å². The molecule has 21 heavy (non-hydrogen) atoms. The maximum absolute atomic E-state index is 12.2. The summed E-state index contributed by atoms with van der Waals surface area (Å²) < 4.78 is 5.04. The number of nitrogen functional groups attached to an aromatic ring is 1. The van der Waals surface area contributed by atoms with E-state index in [2.05, 4.69) is 20.7 Å². The van der Waals surface area contributed by atoms with E-state index in [4.69, 9.17) is 10.6 Å². The van der Waals surface area contributed by atoms with Crippen LogP contribution in [-0.2, 0) is 6.54 Å². The Morgan fingerprint density at radius 1 is 1.38 bits per heavy atom. The van der Waals surface area contributed by atoms with Crippen molar-refractivity contribution in [1.82, 2.24) is 15.3 Å². The van der Waals surface area contributed by atoms with Crippen LogP contribution in [0.2, 0.25) is 0 Å². The van der Waals surface area contributed by atoms with E-state index in [1.807, 2.05) is 6.92 Å². The lowest BCUT2D eigenvalue weighted by Gasteiger charge is -2.10. The Morgan fingerprint density at radius 2 is 2.19 bits per heavy atom. The maximum Gasteiger partial charge on any atom is 0.255 e. The number of anilines is 1. The molecule has 0 spiro atoms. The van der Waals surface area contributed by atoms with Crippen LogP contribution in [-0.4, -0.2) is 23.0 Å². The third kappa shape index (κ3) is 3.67. The van der Waals surface area contributed by atoms with E-state index in [0.717, 1.165) is 11.3 Å². The highest BCUT2D eigenvalue weighted by molar-refractivity contribution is 5.99. The van der Waals surface area contributed by atoms with Gasteiger partial charge in [0.1, 0.15) is 0 Å². The van der Waals surface area contributed by atoms with E-state index < -0.39 is 0 Å². The number of nitrogens with two attached hydrogens (primary N) is 1. The van der Waals surface area contributed by atoms with Crippen LogP contribution in [0.5, 0.6) is 5.88 Å². The summed E-state index contributed by atoms with van der Waals surface area (Å²) in [5.41, 5.74) is 5.09. The van der Waals surface area contributed by atoms with Crippen LogP contribution >= 0.6 is 0 Å². The maximum atomic E-state index is 12.2. The number of hydrogen-bond acceptors (Lipinski definition) is 6. The highest BCUT2D eigenvalue weighted by Gasteiger charge is 2.11. The molecule has 1 amide bonds. The molecule has 0 saturated carbocycles. The Kier molecular flexibility index (Phi) is 4.68. The molecular weight excluding hydrogens is 270 g/mol. The van der Waals surface area contributed by atoms with Gasteiger partial charge in [-0.1, -0.05) is 0 Å². The van der Waals surface area contributed by atoms with Gasteiger partial charge in [0, 0.05) is 30.7 Å². The SMILES string of the molecule is COc1cc(CNC(=O)c2cnc(C)cc2NN)ccn1. The third-order valence-electron chi connectivity index (χ3n) is 2.90. The summed E-state index contributed by atoms with van der Waals surface area (Å²) in [5, 5.41) is 2.80. The normalized spacial score (nSPS) is 10.0. The van der Waals surface area contributed by atoms with E-state index in [-0.39, 0.29) is 5.91 Å². The standard InChI is InChI=1S/C14H17N5O2/c1-9-5-12(19-15)11(8-17-9)14(20)18-7-10-3-4-16-13(6-10)21-2/h3-6,8H,7,15H2,1-2H3,(H,17,19)(H,18,20). The zero-order chi connectivity index (χ0) is 15.2. The summed E-state index contributed by atoms with van der Waals surface area (Å²) in [6, 6.07) is 5.28. The van der Waals surface area contributed by atoms with Crippen LogP contribution in [0, 0.1) is 6.92 Å². The van der Waals surface area contributed by atoms with Crippen molar-refractivity contribution in [2.45, 2.75) is 13.5 Å². The molecule has 0 fully saturated rings. The summed E-state index contributed by atoms with van der Waals surface area (Å²) in [5.74, 6) is 5.66. The monoisotopic (exact) mass is 287 g/mol. The molecule has 0 unspecified atom stereocenters. The first-order chi connectivity index (χ1) is 10.1. The van der Waals surface area contributed by atoms with Gasteiger partial charge in [-0.15, -0.1) is 0 Å². The van der Waals surface area contributed by atoms with Crippen molar-refractivity contribution < 1.29 is 9.53 Å². The summed E-state index contributed by atoms with van der Waals surface area (Å²) >= 11 is 0. The molecule has 0 atom stereocenters. The molecule has 0 bridgehead atoms. The highest BCUT2D eigenvalue weighted by atomic mass is 16.5. The minimum absolute atomic E-state index is 0.258. The number of ether oxygens (including phenoxy) is 1. The highest BCUT2D eigenvalue weighted by Crippen LogP contribution is 2.14. The second-order valence-electron chi connectivity index (χ2n) is 4.40. The lowest BCUT2D eigenvalue weighted by molar-refractivity contribution is 0.0951. The van der Waals surface area contributed by atoms with E-state index >= 15 is 0 Å². The molecule has 0 saturated heterocycles. The molecule has 0 aromatic carbocycles. The molecule has 2 rings (SSSR count). The molecular formula is C14H17N5O2. The van der Waals surface area contributed by atoms with Crippen molar-refractivity contribution >= 4 is 11.6 Å². The van der Waals surface area contributed by atoms with Crippen molar-refractivity contribution in [3.05, 3.63) is 47.4 Å². The molecule has 4 N–H and O–H groups in total. The number of carbonyl (C=O) groups excluding carboxylic acids is 1. The number of hydrogen-bond donors (Lipinski definition) is 3. The van der Waals surface area contributed by atoms with Crippen molar-refractivity contribution in [2.75, 3.05) is 12.5 Å². The number of nitrogens with one attached hydrogen (secondary N) is 2. The Balaban J connectivity index is 2.08. The molecule has 110 valence electrons. The van der Waals surface area contributed by atoms with Crippen LogP contribution in [0.15, 0.2) is 30.6 Å². The molecule has 7 heteroatoms. The topological polar surface area (TPSA) is 102 Å². The number of hydrazine groups is 1. The molecule has 2 heterocycles. The molecule has 7 nitrogen and oxygen atoms in total. The predicted octanol–water partition coefficient (Wildman–Crippen LogP) is 1.01. The summed E-state index contributed by atoms with van der Waals surface area (Å²) in [7, 11) is 1.54. The number of pyridine rings is 2. The number of aryl methyl sites for hydroxylation is 1. The Bertz CT molecular complexity index is 645. The van der Waals surface area contributed by atoms with Gasteiger partial charge in [0.2, 0.25) is 5.88 Å². The van der Waals surface area contributed by atoms with Gasteiger partial charge < -0.3 is 15.5 Å². The van der Waals surface area contributed by atoms with Gasteiger partial charge in [0.25, 0.3) is 5.91 Å². The Labute approximate surface area is 122 Å². The van der Waals surface area contributed by atoms with Gasteiger partial charge in [0.15, 0.2) is 0 Å². The predicted molar refractivity (Wildman–Crippen MR) is 78.7 cm³/mol. The first-order valence-corrected chi connectivity index (χ1v) is 6.34. The minimum Gasteiger partial charge on any atom is -0.481 e. The number of methoxy groups -OCH3 is 1. The third-order valence-corrected chi connectivity index (χ3v) is 2.90. The first kappa shape index (κ1) is 14.7. The van der Waals surface area contributed by atoms with E-state index in [0.29, 0.717) is 23.7 Å². The number of nitrogens with zero attached hydrogens (tertiary/aromatic N) is 2. The quantitative estimate of drug-likeness (QED) is 0.560. The van der Waals surface area contributed by atoms with Crippen molar-refractivity contribution in [2.24, 2.45) is 5.84 Å². The molecule has 0 radical (unpaired) electrons. The van der Waals surface area contributed by atoms with E-state index in [1.54, 1.807) is 31.5 Å². The zero-order valence-corrected chi connectivity index (χ0v) is 11.9. The fourth-order valence-corrected chi connectivity index (χ4v) is 1.81. The lowest BCUT2D eigenvalue weighted by Crippen LogP contribution is -2.25. The van der Waals surface area contributed by atoms with Crippen LogP contribution in [0.3, 0.4) is 0 Å². The van der Waals surface area contributed by atoms with Crippen LogP contribution in [0.4, 0.5) is 5.69 Å². The van der Waals surface area contributed by atoms with Crippen molar-refractivity contribution in [3.63, 3.8) is 0 Å². The van der Waals surface area contributed by atoms with E-state index in [9.17, 15) is 4.79 Å². The lowest BCUT2D eigenvalue weighted by atomic mass is 10.2. The largest absolute Gasteiger partial charge is 0.481 e. The molecule has 0 aliphatic heterocycles. The first-order valence-electron chi connectivity index (χ1n) is 6.34. The van der Waals surface area contributed by atoms with Gasteiger partial charge in [-0.3, -0.25) is 15.6 Å². The Morgan fingerprint density at radius 3 is 2.90 bits per heavy atom. The molecule has 2 aromatic rings. The second kappa shape index (κ2) is 6.67. The smallest absolute Gasteiger partial charge is 0.255 e. The summed E-state index contributed by atoms with van der Waals surface area (Å²) in [6.07, 6.45) is 3.12. The van der Waals surface area contributed by atoms with Gasteiger partial charge in [-0.25, -0.2) is 4.98 Å². The minimum atomic E-state index is -0.258. The van der Waals surface area contributed by atoms with Gasteiger partial charge in [0.05, 0.1) is 18.4 Å². The summed E-state index contributed by atoms with van der Waals surface area (Å²) in [6.45, 7) is 2.18. The number of carbonyl (C=O) groups is 1. The second-order valence-corrected chi connectivity index (χ2v) is 4.40. The number of rotatable bonds is 5. The van der Waals surface area contributed by atoms with Gasteiger partial charge in [-0.05, 0) is 24.6 Å². The fourth-order valence-electron chi connectivity index (χ4n) is 1.81. The zero-order valence-electron chi connectivity index (χ0n) is 11.9. The molecule has 0 aliphatic carbocycles.